The second-order valence-corrected chi connectivity index (χ2v) is 20.9. The molecule has 0 saturated carbocycles. The zero-order valence-corrected chi connectivity index (χ0v) is 50.6. The van der Waals surface area contributed by atoms with E-state index >= 15 is 0 Å². The van der Waals surface area contributed by atoms with Crippen molar-refractivity contribution >= 4 is 17.9 Å². The molecule has 0 aromatic rings. The highest BCUT2D eigenvalue weighted by molar-refractivity contribution is 5.71. The van der Waals surface area contributed by atoms with E-state index in [1.807, 2.05) is 0 Å². The highest BCUT2D eigenvalue weighted by Gasteiger charge is 2.19. The fraction of sp³-hybridized carbons (Fsp3) is 0.653. The Morgan fingerprint density at radius 3 is 0.808 bits per heavy atom. The lowest BCUT2D eigenvalue weighted by Crippen LogP contribution is -2.30. The molecule has 1 atom stereocenters. The number of carbonyl (C=O) groups excluding carboxylic acids is 3. The van der Waals surface area contributed by atoms with Gasteiger partial charge in [-0.2, -0.15) is 0 Å². The third-order valence-electron chi connectivity index (χ3n) is 13.4. The van der Waals surface area contributed by atoms with Crippen molar-refractivity contribution in [2.45, 2.75) is 290 Å². The second kappa shape index (κ2) is 65.1. The molecule has 0 aliphatic carbocycles. The predicted molar refractivity (Wildman–Crippen MR) is 339 cm³/mol. The second-order valence-electron chi connectivity index (χ2n) is 20.9. The number of ether oxygens (including phenoxy) is 3. The summed E-state index contributed by atoms with van der Waals surface area (Å²) in [5.41, 5.74) is 0. The Morgan fingerprint density at radius 1 is 0.269 bits per heavy atom. The Balaban J connectivity index is 4.24. The van der Waals surface area contributed by atoms with Gasteiger partial charge in [0.25, 0.3) is 0 Å². The Kier molecular flexibility index (Phi) is 61.4. The Bertz CT molecular complexity index is 1670. The van der Waals surface area contributed by atoms with Gasteiger partial charge in [0.05, 0.1) is 0 Å². The van der Waals surface area contributed by atoms with Crippen LogP contribution in [0.5, 0.6) is 0 Å². The fourth-order valence-electron chi connectivity index (χ4n) is 8.58. The largest absolute Gasteiger partial charge is 0.462 e. The van der Waals surface area contributed by atoms with E-state index in [2.05, 4.69) is 154 Å². The number of unbranched alkanes of at least 4 members (excludes halogenated alkanes) is 24. The molecular formula is C72H118O6. The summed E-state index contributed by atoms with van der Waals surface area (Å²) in [4.78, 5) is 38.1. The summed E-state index contributed by atoms with van der Waals surface area (Å²) in [7, 11) is 0. The molecule has 0 radical (unpaired) electrons. The van der Waals surface area contributed by atoms with Gasteiger partial charge in [-0.05, 0) is 122 Å². The van der Waals surface area contributed by atoms with Gasteiger partial charge in [0.15, 0.2) is 6.10 Å². The van der Waals surface area contributed by atoms with E-state index in [0.717, 1.165) is 141 Å². The van der Waals surface area contributed by atoms with Crippen LogP contribution in [0.4, 0.5) is 0 Å². The highest BCUT2D eigenvalue weighted by Crippen LogP contribution is 2.15. The summed E-state index contributed by atoms with van der Waals surface area (Å²) < 4.78 is 16.8. The van der Waals surface area contributed by atoms with Crippen LogP contribution in [-0.2, 0) is 28.6 Å². The lowest BCUT2D eigenvalue weighted by Gasteiger charge is -2.18. The Morgan fingerprint density at radius 2 is 0.500 bits per heavy atom. The van der Waals surface area contributed by atoms with Gasteiger partial charge >= 0.3 is 17.9 Å². The van der Waals surface area contributed by atoms with Crippen molar-refractivity contribution in [3.05, 3.63) is 134 Å². The zero-order valence-electron chi connectivity index (χ0n) is 50.6. The lowest BCUT2D eigenvalue weighted by atomic mass is 10.1. The standard InChI is InChI=1S/C72H118O6/c1-4-7-10-13-16-19-21-23-25-27-29-30-31-32-33-34-35-36-37-38-39-40-41-42-44-45-47-49-51-53-56-59-62-65-71(74)77-68-69(67-76-70(73)64-61-58-55-18-15-12-9-6-3)78-72(75)66-63-60-57-54-52-50-48-46-43-28-26-24-22-20-17-14-11-8-5-2/h7,10,16-17,19-20,23-26,29-30,32-33,35-36,38-39,41-42,45,47,69H,4-6,8-9,11-15,18,21-22,27-28,31,34,37,40,43-44,46,48-68H2,1-3H3/b10-7-,19-16-,20-17-,25-23-,26-24-,30-29-,33-32-,36-35-,39-38-,42-41-,47-45-. The van der Waals surface area contributed by atoms with E-state index in [-0.39, 0.29) is 31.1 Å². The molecule has 0 aromatic carbocycles. The average Bonchev–Trinajstić information content (AvgIpc) is 3.44. The molecule has 0 saturated heterocycles. The van der Waals surface area contributed by atoms with Crippen LogP contribution < -0.4 is 0 Å². The Labute approximate surface area is 481 Å². The highest BCUT2D eigenvalue weighted by atomic mass is 16.6. The molecule has 0 heterocycles. The van der Waals surface area contributed by atoms with Gasteiger partial charge in [-0.3, -0.25) is 14.4 Å². The van der Waals surface area contributed by atoms with Crippen molar-refractivity contribution in [3.8, 4) is 0 Å². The normalized spacial score (nSPS) is 13.0. The van der Waals surface area contributed by atoms with Crippen LogP contribution in [-0.4, -0.2) is 37.2 Å². The van der Waals surface area contributed by atoms with Gasteiger partial charge in [-0.15, -0.1) is 0 Å². The van der Waals surface area contributed by atoms with Crippen LogP contribution in [0.3, 0.4) is 0 Å². The minimum Gasteiger partial charge on any atom is -0.462 e. The van der Waals surface area contributed by atoms with E-state index in [9.17, 15) is 14.4 Å². The number of carbonyl (C=O) groups is 3. The molecule has 1 unspecified atom stereocenters. The van der Waals surface area contributed by atoms with E-state index in [1.54, 1.807) is 0 Å². The third-order valence-corrected chi connectivity index (χ3v) is 13.4. The number of hydrogen-bond acceptors (Lipinski definition) is 6. The number of esters is 3. The van der Waals surface area contributed by atoms with Crippen molar-refractivity contribution in [2.24, 2.45) is 0 Å². The molecule has 0 spiro atoms. The van der Waals surface area contributed by atoms with Crippen molar-refractivity contribution < 1.29 is 28.6 Å². The number of allylic oxidation sites excluding steroid dienone is 22. The SMILES string of the molecule is CC/C=C\C/C=C\C/C=C\C/C=C\C/C=C\C/C=C\C/C=C\C/C=C\C/C=C\CCCCCCCC(=O)OCC(COC(=O)CCCCCCCCCC)OC(=O)CCCCCCCCCCC/C=C\C/C=C\CCCCC. The molecule has 6 heteroatoms. The van der Waals surface area contributed by atoms with Crippen LogP contribution in [0, 0.1) is 0 Å². The first-order valence-corrected chi connectivity index (χ1v) is 32.2. The molecule has 0 aliphatic heterocycles. The van der Waals surface area contributed by atoms with Gasteiger partial charge in [0.1, 0.15) is 13.2 Å². The summed E-state index contributed by atoms with van der Waals surface area (Å²) in [6.45, 7) is 6.46. The van der Waals surface area contributed by atoms with Gasteiger partial charge in [-0.1, -0.05) is 276 Å². The molecule has 0 bridgehead atoms. The molecule has 0 fully saturated rings. The molecule has 0 rings (SSSR count). The summed E-state index contributed by atoms with van der Waals surface area (Å²) >= 11 is 0. The summed E-state index contributed by atoms with van der Waals surface area (Å²) in [5, 5.41) is 0. The predicted octanol–water partition coefficient (Wildman–Crippen LogP) is 22.2. The van der Waals surface area contributed by atoms with Crippen LogP contribution in [0.15, 0.2) is 134 Å². The van der Waals surface area contributed by atoms with Crippen LogP contribution >= 0.6 is 0 Å². The molecule has 0 amide bonds. The number of hydrogen-bond donors (Lipinski definition) is 0. The van der Waals surface area contributed by atoms with Crippen LogP contribution in [0.25, 0.3) is 0 Å². The molecular weight excluding hydrogens is 961 g/mol. The summed E-state index contributed by atoms with van der Waals surface area (Å²) in [5.74, 6) is -0.915. The lowest BCUT2D eigenvalue weighted by molar-refractivity contribution is -0.167. The van der Waals surface area contributed by atoms with Gasteiger partial charge in [-0.25, -0.2) is 0 Å². The maximum Gasteiger partial charge on any atom is 0.306 e. The summed E-state index contributed by atoms with van der Waals surface area (Å²) in [6.07, 6.45) is 91.8. The average molecular weight is 1080 g/mol. The van der Waals surface area contributed by atoms with E-state index in [0.29, 0.717) is 19.3 Å². The van der Waals surface area contributed by atoms with Crippen molar-refractivity contribution in [1.82, 2.24) is 0 Å². The monoisotopic (exact) mass is 1080 g/mol. The maximum atomic E-state index is 12.9. The van der Waals surface area contributed by atoms with E-state index in [1.165, 1.54) is 103 Å². The minimum absolute atomic E-state index is 0.0872. The summed E-state index contributed by atoms with van der Waals surface area (Å²) in [6, 6.07) is 0. The first kappa shape index (κ1) is 73.5. The van der Waals surface area contributed by atoms with Crippen LogP contribution in [0.1, 0.15) is 284 Å². The van der Waals surface area contributed by atoms with Gasteiger partial charge < -0.3 is 14.2 Å². The van der Waals surface area contributed by atoms with Gasteiger partial charge in [0, 0.05) is 19.3 Å². The fourth-order valence-corrected chi connectivity index (χ4v) is 8.58. The molecule has 6 nitrogen and oxygen atoms in total. The van der Waals surface area contributed by atoms with Crippen molar-refractivity contribution in [1.29, 1.82) is 0 Å². The van der Waals surface area contributed by atoms with Crippen molar-refractivity contribution in [3.63, 3.8) is 0 Å². The quantitative estimate of drug-likeness (QED) is 0.0261. The molecule has 0 aliphatic rings. The third kappa shape index (κ3) is 62.4. The molecule has 0 aromatic heterocycles. The molecule has 78 heavy (non-hydrogen) atoms. The zero-order chi connectivity index (χ0) is 56.4. The maximum absolute atomic E-state index is 12.9. The van der Waals surface area contributed by atoms with Crippen molar-refractivity contribution in [2.75, 3.05) is 13.2 Å². The first-order chi connectivity index (χ1) is 38.5. The number of rotatable bonds is 57. The van der Waals surface area contributed by atoms with Crippen LogP contribution in [0.2, 0.25) is 0 Å². The Hall–Kier alpha value is -4.45. The minimum atomic E-state index is -0.790. The first-order valence-electron chi connectivity index (χ1n) is 32.2. The smallest absolute Gasteiger partial charge is 0.306 e. The molecule has 442 valence electrons. The van der Waals surface area contributed by atoms with Gasteiger partial charge in [0.2, 0.25) is 0 Å². The van der Waals surface area contributed by atoms with E-state index in [4.69, 9.17) is 14.2 Å². The topological polar surface area (TPSA) is 78.9 Å². The van der Waals surface area contributed by atoms with E-state index < -0.39 is 6.10 Å². The molecule has 0 N–H and O–H groups in total.